The molecule has 1 atom stereocenters. The summed E-state index contributed by atoms with van der Waals surface area (Å²) in [7, 11) is 0. The molecule has 1 aliphatic heterocycles. The zero-order valence-corrected chi connectivity index (χ0v) is 11.3. The number of nitrogens with zero attached hydrogens (tertiary/aromatic N) is 1. The minimum absolute atomic E-state index is 0.0391. The third-order valence-electron chi connectivity index (χ3n) is 3.83. The summed E-state index contributed by atoms with van der Waals surface area (Å²) in [5.41, 5.74) is 3.97. The van der Waals surface area contributed by atoms with Gasteiger partial charge in [0.05, 0.1) is 11.7 Å². The predicted molar refractivity (Wildman–Crippen MR) is 80.7 cm³/mol. The minimum atomic E-state index is -0.291. The van der Waals surface area contributed by atoms with Crippen LogP contribution in [0, 0.1) is 0 Å². The summed E-state index contributed by atoms with van der Waals surface area (Å²) in [5, 5.41) is 14.1. The van der Waals surface area contributed by atoms with Gasteiger partial charge in [-0.1, -0.05) is 24.3 Å². The number of hydrogen-bond acceptors (Lipinski definition) is 3. The molecule has 1 amide bonds. The lowest BCUT2D eigenvalue weighted by Gasteiger charge is -2.12. The molecule has 5 nitrogen and oxygen atoms in total. The molecule has 0 saturated carbocycles. The van der Waals surface area contributed by atoms with Gasteiger partial charge in [0.15, 0.2) is 0 Å². The van der Waals surface area contributed by atoms with Crippen LogP contribution in [0.5, 0.6) is 0 Å². The van der Waals surface area contributed by atoms with Crippen molar-refractivity contribution in [2.24, 2.45) is 0 Å². The van der Waals surface area contributed by atoms with E-state index in [1.54, 1.807) is 6.20 Å². The van der Waals surface area contributed by atoms with E-state index in [-0.39, 0.29) is 11.9 Å². The van der Waals surface area contributed by atoms with Crippen molar-refractivity contribution in [3.8, 4) is 0 Å². The van der Waals surface area contributed by atoms with Crippen molar-refractivity contribution in [1.82, 2.24) is 15.5 Å². The standard InChI is InChI=1S/C16H14N4O/c21-16(15-13-4-2-1-3-10(13)8-17-15)19-12-5-6-14-11(7-12)9-18-20-14/h1-7,9,15,17H,8H2,(H,18,20)(H,19,21). The molecule has 0 bridgehead atoms. The molecule has 0 spiro atoms. The molecule has 0 saturated heterocycles. The Balaban J connectivity index is 1.58. The third-order valence-corrected chi connectivity index (χ3v) is 3.83. The Hall–Kier alpha value is -2.66. The highest BCUT2D eigenvalue weighted by molar-refractivity contribution is 5.97. The fourth-order valence-electron chi connectivity index (χ4n) is 2.77. The van der Waals surface area contributed by atoms with Crippen LogP contribution in [0.25, 0.3) is 10.9 Å². The normalized spacial score (nSPS) is 16.9. The van der Waals surface area contributed by atoms with E-state index in [0.29, 0.717) is 0 Å². The molecule has 1 aliphatic rings. The van der Waals surface area contributed by atoms with E-state index in [1.165, 1.54) is 5.56 Å². The second kappa shape index (κ2) is 4.71. The molecule has 2 aromatic carbocycles. The molecule has 1 aromatic heterocycles. The Morgan fingerprint density at radius 3 is 3.10 bits per heavy atom. The first-order valence-electron chi connectivity index (χ1n) is 6.86. The van der Waals surface area contributed by atoms with E-state index >= 15 is 0 Å². The van der Waals surface area contributed by atoms with Crippen LogP contribution in [-0.2, 0) is 11.3 Å². The van der Waals surface area contributed by atoms with Gasteiger partial charge in [0.25, 0.3) is 0 Å². The summed E-state index contributed by atoms with van der Waals surface area (Å²) in [5.74, 6) is -0.0391. The second-order valence-corrected chi connectivity index (χ2v) is 5.17. The van der Waals surface area contributed by atoms with Gasteiger partial charge in [0, 0.05) is 17.6 Å². The van der Waals surface area contributed by atoms with Gasteiger partial charge in [-0.15, -0.1) is 0 Å². The van der Waals surface area contributed by atoms with Crippen LogP contribution >= 0.6 is 0 Å². The molecule has 104 valence electrons. The molecule has 21 heavy (non-hydrogen) atoms. The second-order valence-electron chi connectivity index (χ2n) is 5.17. The van der Waals surface area contributed by atoms with Crippen molar-refractivity contribution >= 4 is 22.5 Å². The zero-order chi connectivity index (χ0) is 14.2. The summed E-state index contributed by atoms with van der Waals surface area (Å²) >= 11 is 0. The highest BCUT2D eigenvalue weighted by Crippen LogP contribution is 2.26. The number of nitrogens with one attached hydrogen (secondary N) is 3. The van der Waals surface area contributed by atoms with Crippen LogP contribution < -0.4 is 10.6 Å². The molecule has 5 heteroatoms. The van der Waals surface area contributed by atoms with Crippen LogP contribution in [-0.4, -0.2) is 16.1 Å². The summed E-state index contributed by atoms with van der Waals surface area (Å²) in [6.45, 7) is 0.731. The topological polar surface area (TPSA) is 69.8 Å². The molecular formula is C16H14N4O. The van der Waals surface area contributed by atoms with Crippen molar-refractivity contribution in [3.05, 3.63) is 59.8 Å². The Morgan fingerprint density at radius 2 is 2.14 bits per heavy atom. The third kappa shape index (κ3) is 2.08. The molecular weight excluding hydrogens is 264 g/mol. The van der Waals surface area contributed by atoms with E-state index < -0.39 is 0 Å². The van der Waals surface area contributed by atoms with Gasteiger partial charge in [0.2, 0.25) is 5.91 Å². The number of H-pyrrole nitrogens is 1. The summed E-state index contributed by atoms with van der Waals surface area (Å²) in [6, 6.07) is 13.4. The first kappa shape index (κ1) is 12.1. The summed E-state index contributed by atoms with van der Waals surface area (Å²) < 4.78 is 0. The van der Waals surface area contributed by atoms with Crippen LogP contribution in [0.3, 0.4) is 0 Å². The van der Waals surface area contributed by atoms with Gasteiger partial charge in [-0.25, -0.2) is 0 Å². The highest BCUT2D eigenvalue weighted by atomic mass is 16.2. The van der Waals surface area contributed by atoms with E-state index in [0.717, 1.165) is 28.7 Å². The maximum absolute atomic E-state index is 12.5. The van der Waals surface area contributed by atoms with Crippen molar-refractivity contribution in [2.45, 2.75) is 12.6 Å². The largest absolute Gasteiger partial charge is 0.324 e. The van der Waals surface area contributed by atoms with Crippen LogP contribution in [0.1, 0.15) is 17.2 Å². The fraction of sp³-hybridized carbons (Fsp3) is 0.125. The van der Waals surface area contributed by atoms with E-state index in [4.69, 9.17) is 0 Å². The molecule has 4 rings (SSSR count). The molecule has 0 fully saturated rings. The maximum Gasteiger partial charge on any atom is 0.246 e. The highest BCUT2D eigenvalue weighted by Gasteiger charge is 2.27. The lowest BCUT2D eigenvalue weighted by atomic mass is 10.0. The fourth-order valence-corrected chi connectivity index (χ4v) is 2.77. The zero-order valence-electron chi connectivity index (χ0n) is 11.3. The van der Waals surface area contributed by atoms with Crippen molar-refractivity contribution < 1.29 is 4.79 Å². The van der Waals surface area contributed by atoms with Gasteiger partial charge >= 0.3 is 0 Å². The average Bonchev–Trinajstić information content (AvgIpc) is 3.13. The molecule has 0 radical (unpaired) electrons. The molecule has 1 unspecified atom stereocenters. The quantitative estimate of drug-likeness (QED) is 0.674. The number of rotatable bonds is 2. The maximum atomic E-state index is 12.5. The monoisotopic (exact) mass is 278 g/mol. The lowest BCUT2D eigenvalue weighted by molar-refractivity contribution is -0.118. The Morgan fingerprint density at radius 1 is 1.24 bits per heavy atom. The van der Waals surface area contributed by atoms with Gasteiger partial charge in [-0.05, 0) is 29.3 Å². The molecule has 0 aliphatic carbocycles. The number of hydrogen-bond donors (Lipinski definition) is 3. The predicted octanol–water partition coefficient (Wildman–Crippen LogP) is 2.35. The van der Waals surface area contributed by atoms with Crippen molar-refractivity contribution in [3.63, 3.8) is 0 Å². The number of aromatic amines is 1. The van der Waals surface area contributed by atoms with E-state index in [9.17, 15) is 4.79 Å². The van der Waals surface area contributed by atoms with Crippen LogP contribution in [0.15, 0.2) is 48.7 Å². The SMILES string of the molecule is O=C(Nc1ccc2[nH]ncc2c1)C1NCc2ccccc21. The Labute approximate surface area is 121 Å². The number of fused-ring (bicyclic) bond motifs is 2. The molecule has 3 aromatic rings. The number of aromatic nitrogens is 2. The minimum Gasteiger partial charge on any atom is -0.324 e. The first-order chi connectivity index (χ1) is 10.3. The number of carbonyl (C=O) groups is 1. The average molecular weight is 278 g/mol. The van der Waals surface area contributed by atoms with Crippen LogP contribution in [0.4, 0.5) is 5.69 Å². The smallest absolute Gasteiger partial charge is 0.246 e. The van der Waals surface area contributed by atoms with E-state index in [1.807, 2.05) is 42.5 Å². The summed E-state index contributed by atoms with van der Waals surface area (Å²) in [6.07, 6.45) is 1.74. The summed E-state index contributed by atoms with van der Waals surface area (Å²) in [4.78, 5) is 12.5. The lowest BCUT2D eigenvalue weighted by Crippen LogP contribution is -2.27. The van der Waals surface area contributed by atoms with Gasteiger partial charge in [0.1, 0.15) is 6.04 Å². The van der Waals surface area contributed by atoms with Crippen molar-refractivity contribution in [1.29, 1.82) is 0 Å². The Kier molecular flexibility index (Phi) is 2.72. The number of anilines is 1. The Bertz CT molecular complexity index is 824. The van der Waals surface area contributed by atoms with E-state index in [2.05, 4.69) is 20.8 Å². The molecule has 2 heterocycles. The van der Waals surface area contributed by atoms with Gasteiger partial charge in [-0.2, -0.15) is 5.10 Å². The number of carbonyl (C=O) groups excluding carboxylic acids is 1. The number of amides is 1. The van der Waals surface area contributed by atoms with Crippen molar-refractivity contribution in [2.75, 3.05) is 5.32 Å². The van der Waals surface area contributed by atoms with Crippen LogP contribution in [0.2, 0.25) is 0 Å². The molecule has 3 N–H and O–H groups in total. The van der Waals surface area contributed by atoms with Gasteiger partial charge < -0.3 is 5.32 Å². The van der Waals surface area contributed by atoms with Gasteiger partial charge in [-0.3, -0.25) is 15.2 Å². The first-order valence-corrected chi connectivity index (χ1v) is 6.86. The number of benzene rings is 2.